The van der Waals surface area contributed by atoms with Crippen molar-refractivity contribution in [2.45, 2.75) is 12.4 Å². The maximum Gasteiger partial charge on any atom is 0.317 e. The van der Waals surface area contributed by atoms with Crippen LogP contribution in [0.5, 0.6) is 0 Å². The van der Waals surface area contributed by atoms with Gasteiger partial charge in [0, 0.05) is 0 Å². The molecular formula is C5H10ClN3O. The lowest BCUT2D eigenvalue weighted by Gasteiger charge is -2.10. The van der Waals surface area contributed by atoms with Crippen LogP contribution in [0.25, 0.3) is 0 Å². The first-order chi connectivity index (χ1) is 4.52. The van der Waals surface area contributed by atoms with Gasteiger partial charge in [-0.05, 0) is 6.92 Å². The van der Waals surface area contributed by atoms with Gasteiger partial charge in [-0.2, -0.15) is 0 Å². The van der Waals surface area contributed by atoms with Gasteiger partial charge in [-0.3, -0.25) is 5.32 Å². The minimum Gasteiger partial charge on any atom is -0.356 e. The third-order valence-corrected chi connectivity index (χ3v) is 0.756. The number of carbonyl (C=O) groups is 1. The molecule has 0 aromatic carbocycles. The van der Waals surface area contributed by atoms with Crippen LogP contribution in [0.15, 0.2) is 12.4 Å². The van der Waals surface area contributed by atoms with E-state index in [0.29, 0.717) is 5.82 Å². The standard InChI is InChI=1S/C5H10ClN3O/c1-3(6)8-4(2)9-5(7)10/h3,8H,2H2,1H3,(H3,7,9,10). The second-order valence-corrected chi connectivity index (χ2v) is 2.38. The van der Waals surface area contributed by atoms with Crippen molar-refractivity contribution in [3.8, 4) is 0 Å². The molecule has 0 saturated carbocycles. The highest BCUT2D eigenvalue weighted by atomic mass is 35.5. The highest BCUT2D eigenvalue weighted by Crippen LogP contribution is 1.89. The van der Waals surface area contributed by atoms with E-state index in [0.717, 1.165) is 0 Å². The Morgan fingerprint density at radius 3 is 2.60 bits per heavy atom. The van der Waals surface area contributed by atoms with Crippen LogP contribution in [-0.2, 0) is 0 Å². The highest BCUT2D eigenvalue weighted by molar-refractivity contribution is 6.20. The molecule has 0 aliphatic rings. The third kappa shape index (κ3) is 5.24. The van der Waals surface area contributed by atoms with Crippen LogP contribution in [0.3, 0.4) is 0 Å². The number of nitrogens with one attached hydrogen (secondary N) is 2. The average molecular weight is 164 g/mol. The van der Waals surface area contributed by atoms with Crippen LogP contribution >= 0.6 is 11.6 Å². The minimum absolute atomic E-state index is 0.278. The molecule has 0 rings (SSSR count). The number of halogens is 1. The molecule has 5 heteroatoms. The fourth-order valence-electron chi connectivity index (χ4n) is 0.425. The normalized spacial score (nSPS) is 11.8. The lowest BCUT2D eigenvalue weighted by atomic mass is 10.6. The van der Waals surface area contributed by atoms with Crippen molar-refractivity contribution >= 4 is 17.6 Å². The smallest absolute Gasteiger partial charge is 0.317 e. The summed E-state index contributed by atoms with van der Waals surface area (Å²) in [6.45, 7) is 5.13. The molecule has 0 aliphatic carbocycles. The number of amides is 2. The molecule has 2 amide bonds. The third-order valence-electron chi connectivity index (χ3n) is 0.647. The predicted molar refractivity (Wildman–Crippen MR) is 40.3 cm³/mol. The van der Waals surface area contributed by atoms with Gasteiger partial charge < -0.3 is 11.1 Å². The Kier molecular flexibility index (Phi) is 3.64. The molecule has 0 aromatic heterocycles. The molecule has 0 aliphatic heterocycles. The summed E-state index contributed by atoms with van der Waals surface area (Å²) < 4.78 is 0. The van der Waals surface area contributed by atoms with Crippen LogP contribution in [0.2, 0.25) is 0 Å². The number of alkyl halides is 1. The second-order valence-electron chi connectivity index (χ2n) is 1.73. The Hall–Kier alpha value is -0.900. The number of hydrogen-bond donors (Lipinski definition) is 3. The fraction of sp³-hybridized carbons (Fsp3) is 0.400. The van der Waals surface area contributed by atoms with Gasteiger partial charge in [-0.25, -0.2) is 4.79 Å². The van der Waals surface area contributed by atoms with E-state index >= 15 is 0 Å². The molecule has 4 N–H and O–H groups in total. The summed E-state index contributed by atoms with van der Waals surface area (Å²) in [6.07, 6.45) is 0. The van der Waals surface area contributed by atoms with Gasteiger partial charge in [0.25, 0.3) is 0 Å². The fourth-order valence-corrected chi connectivity index (χ4v) is 0.557. The monoisotopic (exact) mass is 163 g/mol. The van der Waals surface area contributed by atoms with Crippen molar-refractivity contribution in [3.63, 3.8) is 0 Å². The Morgan fingerprint density at radius 1 is 1.80 bits per heavy atom. The average Bonchev–Trinajstić information content (AvgIpc) is 1.58. The number of carbonyl (C=O) groups excluding carboxylic acids is 1. The first-order valence-electron chi connectivity index (χ1n) is 2.68. The van der Waals surface area contributed by atoms with Crippen LogP contribution in [0.4, 0.5) is 4.79 Å². The molecule has 0 fully saturated rings. The zero-order valence-corrected chi connectivity index (χ0v) is 6.40. The SMILES string of the molecule is C=C(NC(N)=O)NC(C)Cl. The maximum absolute atomic E-state index is 10.2. The summed E-state index contributed by atoms with van der Waals surface area (Å²) in [4.78, 5) is 10.2. The zero-order chi connectivity index (χ0) is 8.15. The Labute approximate surface area is 64.4 Å². The van der Waals surface area contributed by atoms with Crippen molar-refractivity contribution in [2.75, 3.05) is 0 Å². The number of hydrogen-bond acceptors (Lipinski definition) is 2. The van der Waals surface area contributed by atoms with E-state index in [1.54, 1.807) is 6.92 Å². The molecule has 1 atom stereocenters. The van der Waals surface area contributed by atoms with E-state index in [-0.39, 0.29) is 5.50 Å². The molecule has 0 aromatic rings. The van der Waals surface area contributed by atoms with Crippen molar-refractivity contribution in [3.05, 3.63) is 12.4 Å². The highest BCUT2D eigenvalue weighted by Gasteiger charge is 1.98. The van der Waals surface area contributed by atoms with Crippen LogP contribution < -0.4 is 16.4 Å². The Balaban J connectivity index is 3.54. The summed E-state index contributed by atoms with van der Waals surface area (Å²) in [5.41, 5.74) is 4.50. The molecule has 0 heterocycles. The molecule has 0 bridgehead atoms. The van der Waals surface area contributed by atoms with Crippen molar-refractivity contribution in [2.24, 2.45) is 5.73 Å². The van der Waals surface area contributed by atoms with E-state index in [2.05, 4.69) is 17.2 Å². The second kappa shape index (κ2) is 4.00. The molecule has 0 radical (unpaired) electrons. The first-order valence-corrected chi connectivity index (χ1v) is 3.12. The molecule has 1 unspecified atom stereocenters. The van der Waals surface area contributed by atoms with Gasteiger partial charge in [-0.15, -0.1) is 0 Å². The van der Waals surface area contributed by atoms with Gasteiger partial charge in [0.15, 0.2) is 0 Å². The summed E-state index contributed by atoms with van der Waals surface area (Å²) in [7, 11) is 0. The Morgan fingerprint density at radius 2 is 2.30 bits per heavy atom. The van der Waals surface area contributed by atoms with E-state index < -0.39 is 6.03 Å². The van der Waals surface area contributed by atoms with Crippen molar-refractivity contribution in [1.29, 1.82) is 0 Å². The lowest BCUT2D eigenvalue weighted by molar-refractivity contribution is 0.250. The summed E-state index contributed by atoms with van der Waals surface area (Å²) in [6, 6.07) is -0.658. The quantitative estimate of drug-likeness (QED) is 0.414. The molecule has 4 nitrogen and oxygen atoms in total. The number of rotatable bonds is 3. The lowest BCUT2D eigenvalue weighted by Crippen LogP contribution is -2.36. The number of nitrogens with two attached hydrogens (primary N) is 1. The molecular weight excluding hydrogens is 154 g/mol. The first kappa shape index (κ1) is 9.10. The zero-order valence-electron chi connectivity index (χ0n) is 5.65. The minimum atomic E-state index is -0.658. The molecule has 0 saturated heterocycles. The van der Waals surface area contributed by atoms with Gasteiger partial charge in [-0.1, -0.05) is 18.2 Å². The van der Waals surface area contributed by atoms with Gasteiger partial charge in [0.05, 0.1) is 5.50 Å². The largest absolute Gasteiger partial charge is 0.356 e. The van der Waals surface area contributed by atoms with E-state index in [1.165, 1.54) is 0 Å². The van der Waals surface area contributed by atoms with Gasteiger partial charge >= 0.3 is 6.03 Å². The van der Waals surface area contributed by atoms with Crippen LogP contribution in [-0.4, -0.2) is 11.5 Å². The van der Waals surface area contributed by atoms with Gasteiger partial charge in [0.2, 0.25) is 0 Å². The van der Waals surface area contributed by atoms with Crippen molar-refractivity contribution in [1.82, 2.24) is 10.6 Å². The predicted octanol–water partition coefficient (Wildman–Crippen LogP) is 0.300. The van der Waals surface area contributed by atoms with Crippen molar-refractivity contribution < 1.29 is 4.79 Å². The van der Waals surface area contributed by atoms with E-state index in [1.807, 2.05) is 0 Å². The summed E-state index contributed by atoms with van der Waals surface area (Å²) in [5, 5.41) is 4.86. The maximum atomic E-state index is 10.2. The van der Waals surface area contributed by atoms with E-state index in [9.17, 15) is 4.79 Å². The van der Waals surface area contributed by atoms with Crippen LogP contribution in [0, 0.1) is 0 Å². The molecule has 10 heavy (non-hydrogen) atoms. The molecule has 58 valence electrons. The van der Waals surface area contributed by atoms with Crippen LogP contribution in [0.1, 0.15) is 6.92 Å². The summed E-state index contributed by atoms with van der Waals surface area (Å²) >= 11 is 5.49. The topological polar surface area (TPSA) is 67.1 Å². The number of urea groups is 1. The molecule has 0 spiro atoms. The summed E-state index contributed by atoms with van der Waals surface area (Å²) in [5.74, 6) is 0.301. The number of primary amides is 1. The van der Waals surface area contributed by atoms with Gasteiger partial charge in [0.1, 0.15) is 5.82 Å². The van der Waals surface area contributed by atoms with E-state index in [4.69, 9.17) is 17.3 Å². The Bertz CT molecular complexity index is 146.